The SMILES string of the molecule is O=C(NCc1ccc(CN2CCC(O)CC2)cc1)c1ccc2c(=O)[nH]c(=S)[nH]c2c1. The number of aliphatic hydroxyl groups excluding tert-OH is 1. The summed E-state index contributed by atoms with van der Waals surface area (Å²) in [6.07, 6.45) is 1.50. The lowest BCUT2D eigenvalue weighted by Crippen LogP contribution is -2.35. The Labute approximate surface area is 178 Å². The molecule has 0 saturated carbocycles. The van der Waals surface area contributed by atoms with Crippen LogP contribution in [-0.4, -0.2) is 45.1 Å². The summed E-state index contributed by atoms with van der Waals surface area (Å²) in [4.78, 5) is 32.2. The van der Waals surface area contributed by atoms with Gasteiger partial charge in [0, 0.05) is 31.7 Å². The van der Waals surface area contributed by atoms with Crippen LogP contribution < -0.4 is 10.9 Å². The van der Waals surface area contributed by atoms with E-state index >= 15 is 0 Å². The van der Waals surface area contributed by atoms with E-state index in [1.165, 1.54) is 5.56 Å². The number of carbonyl (C=O) groups is 1. The molecule has 1 amide bonds. The van der Waals surface area contributed by atoms with Crippen molar-refractivity contribution >= 4 is 29.0 Å². The van der Waals surface area contributed by atoms with Crippen molar-refractivity contribution in [2.75, 3.05) is 13.1 Å². The van der Waals surface area contributed by atoms with Crippen LogP contribution in [0.4, 0.5) is 0 Å². The molecule has 0 unspecified atom stereocenters. The molecule has 1 fully saturated rings. The van der Waals surface area contributed by atoms with Crippen molar-refractivity contribution in [2.45, 2.75) is 32.0 Å². The smallest absolute Gasteiger partial charge is 0.259 e. The summed E-state index contributed by atoms with van der Waals surface area (Å²) in [7, 11) is 0. The van der Waals surface area contributed by atoms with Crippen LogP contribution in [0.1, 0.15) is 34.3 Å². The first kappa shape index (κ1) is 20.5. The Balaban J connectivity index is 1.36. The highest BCUT2D eigenvalue weighted by molar-refractivity contribution is 7.71. The number of aromatic nitrogens is 2. The van der Waals surface area contributed by atoms with Gasteiger partial charge in [-0.1, -0.05) is 24.3 Å². The highest BCUT2D eigenvalue weighted by atomic mass is 32.1. The van der Waals surface area contributed by atoms with Crippen LogP contribution in [-0.2, 0) is 13.1 Å². The molecule has 0 aliphatic carbocycles. The van der Waals surface area contributed by atoms with E-state index in [9.17, 15) is 14.7 Å². The number of fused-ring (bicyclic) bond motifs is 1. The van der Waals surface area contributed by atoms with E-state index in [-0.39, 0.29) is 22.3 Å². The molecule has 2 heterocycles. The second-order valence-corrected chi connectivity index (χ2v) is 8.08. The van der Waals surface area contributed by atoms with Gasteiger partial charge in [-0.15, -0.1) is 0 Å². The molecule has 30 heavy (non-hydrogen) atoms. The van der Waals surface area contributed by atoms with Crippen LogP contribution in [0.2, 0.25) is 0 Å². The van der Waals surface area contributed by atoms with Gasteiger partial charge < -0.3 is 15.4 Å². The summed E-state index contributed by atoms with van der Waals surface area (Å²) in [6.45, 7) is 3.12. The fourth-order valence-corrected chi connectivity index (χ4v) is 3.90. The largest absolute Gasteiger partial charge is 0.393 e. The number of H-pyrrole nitrogens is 2. The van der Waals surface area contributed by atoms with E-state index in [4.69, 9.17) is 12.2 Å². The van der Waals surface area contributed by atoms with E-state index in [1.807, 2.05) is 12.1 Å². The van der Waals surface area contributed by atoms with Crippen molar-refractivity contribution in [3.63, 3.8) is 0 Å². The highest BCUT2D eigenvalue weighted by Crippen LogP contribution is 2.15. The van der Waals surface area contributed by atoms with Crippen molar-refractivity contribution in [2.24, 2.45) is 0 Å². The summed E-state index contributed by atoms with van der Waals surface area (Å²) < 4.78 is 0.228. The van der Waals surface area contributed by atoms with Crippen molar-refractivity contribution in [3.8, 4) is 0 Å². The van der Waals surface area contributed by atoms with Crippen molar-refractivity contribution < 1.29 is 9.90 Å². The minimum Gasteiger partial charge on any atom is -0.393 e. The van der Waals surface area contributed by atoms with Gasteiger partial charge in [-0.2, -0.15) is 0 Å². The lowest BCUT2D eigenvalue weighted by molar-refractivity contribution is 0.0792. The summed E-state index contributed by atoms with van der Waals surface area (Å²) in [5.74, 6) is -0.215. The summed E-state index contributed by atoms with van der Waals surface area (Å²) in [6, 6.07) is 13.1. The number of benzene rings is 2. The molecule has 1 aromatic heterocycles. The second-order valence-electron chi connectivity index (χ2n) is 7.68. The monoisotopic (exact) mass is 424 g/mol. The maximum absolute atomic E-state index is 12.5. The van der Waals surface area contributed by atoms with Gasteiger partial charge in [-0.3, -0.25) is 19.5 Å². The van der Waals surface area contributed by atoms with Crippen molar-refractivity contribution in [1.29, 1.82) is 0 Å². The third-order valence-corrected chi connectivity index (χ3v) is 5.65. The zero-order valence-electron chi connectivity index (χ0n) is 16.5. The number of nitrogens with zero attached hydrogens (tertiary/aromatic N) is 1. The molecule has 2 aromatic carbocycles. The molecule has 3 aromatic rings. The molecule has 0 spiro atoms. The van der Waals surface area contributed by atoms with Crippen LogP contribution >= 0.6 is 12.2 Å². The molecular formula is C22H24N4O3S. The molecule has 7 nitrogen and oxygen atoms in total. The molecule has 156 valence electrons. The number of aliphatic hydroxyl groups is 1. The number of aromatic amines is 2. The van der Waals surface area contributed by atoms with Gasteiger partial charge in [0.15, 0.2) is 4.77 Å². The summed E-state index contributed by atoms with van der Waals surface area (Å²) in [5, 5.41) is 13.0. The Morgan fingerprint density at radius 1 is 1.10 bits per heavy atom. The quantitative estimate of drug-likeness (QED) is 0.472. The van der Waals surface area contributed by atoms with Crippen molar-refractivity contribution in [3.05, 3.63) is 74.3 Å². The van der Waals surface area contributed by atoms with E-state index in [1.54, 1.807) is 18.2 Å². The third kappa shape index (κ3) is 4.84. The van der Waals surface area contributed by atoms with Gasteiger partial charge in [-0.25, -0.2) is 0 Å². The van der Waals surface area contributed by atoms with Crippen LogP contribution in [0.15, 0.2) is 47.3 Å². The van der Waals surface area contributed by atoms with Gasteiger partial charge >= 0.3 is 0 Å². The first-order chi connectivity index (χ1) is 14.5. The number of likely N-dealkylation sites (tertiary alicyclic amines) is 1. The predicted octanol–water partition coefficient (Wildman–Crippen LogP) is 2.47. The van der Waals surface area contributed by atoms with Gasteiger partial charge in [0.1, 0.15) is 0 Å². The first-order valence-electron chi connectivity index (χ1n) is 10.0. The maximum Gasteiger partial charge on any atom is 0.259 e. The molecule has 0 atom stereocenters. The van der Waals surface area contributed by atoms with E-state index in [0.717, 1.165) is 38.0 Å². The molecule has 1 saturated heterocycles. The van der Waals surface area contributed by atoms with Gasteiger partial charge in [0.25, 0.3) is 11.5 Å². The lowest BCUT2D eigenvalue weighted by Gasteiger charge is -2.29. The number of nitrogens with one attached hydrogen (secondary N) is 3. The van der Waals surface area contributed by atoms with Gasteiger partial charge in [0.2, 0.25) is 0 Å². The molecule has 8 heteroatoms. The minimum absolute atomic E-state index is 0.160. The number of rotatable bonds is 5. The Kier molecular flexibility index (Phi) is 6.08. The Morgan fingerprint density at radius 2 is 1.80 bits per heavy atom. The number of hydrogen-bond donors (Lipinski definition) is 4. The van der Waals surface area contributed by atoms with E-state index in [2.05, 4.69) is 32.3 Å². The molecule has 0 radical (unpaired) electrons. The second kappa shape index (κ2) is 8.91. The van der Waals surface area contributed by atoms with Crippen LogP contribution in [0, 0.1) is 4.77 Å². The average molecular weight is 425 g/mol. The Morgan fingerprint density at radius 3 is 2.53 bits per heavy atom. The maximum atomic E-state index is 12.5. The van der Waals surface area contributed by atoms with Crippen molar-refractivity contribution in [1.82, 2.24) is 20.2 Å². The van der Waals surface area contributed by atoms with E-state index in [0.29, 0.717) is 23.0 Å². The average Bonchev–Trinajstić information content (AvgIpc) is 2.74. The van der Waals surface area contributed by atoms with E-state index < -0.39 is 0 Å². The number of amides is 1. The highest BCUT2D eigenvalue weighted by Gasteiger charge is 2.16. The Bertz CT molecular complexity index is 1160. The zero-order chi connectivity index (χ0) is 21.1. The summed E-state index contributed by atoms with van der Waals surface area (Å²) >= 11 is 4.99. The molecule has 4 rings (SSSR count). The molecule has 4 N–H and O–H groups in total. The number of piperidine rings is 1. The zero-order valence-corrected chi connectivity index (χ0v) is 17.3. The third-order valence-electron chi connectivity index (χ3n) is 5.44. The fraction of sp³-hybridized carbons (Fsp3) is 0.318. The molecular weight excluding hydrogens is 400 g/mol. The molecule has 1 aliphatic heterocycles. The van der Waals surface area contributed by atoms with Crippen LogP contribution in [0.3, 0.4) is 0 Å². The standard InChI is InChI=1S/C22H24N4O3S/c27-17-7-9-26(10-8-17)13-15-3-1-14(2-4-15)12-23-20(28)16-5-6-18-19(11-16)24-22(30)25-21(18)29/h1-6,11,17,27H,7-10,12-13H2,(H,23,28)(H2,24,25,29,30). The van der Waals surface area contributed by atoms with Crippen LogP contribution in [0.5, 0.6) is 0 Å². The van der Waals surface area contributed by atoms with Crippen LogP contribution in [0.25, 0.3) is 10.9 Å². The predicted molar refractivity (Wildman–Crippen MR) is 118 cm³/mol. The minimum atomic E-state index is -0.276. The fourth-order valence-electron chi connectivity index (χ4n) is 3.69. The van der Waals surface area contributed by atoms with Gasteiger partial charge in [0.05, 0.1) is 17.0 Å². The lowest BCUT2D eigenvalue weighted by atomic mass is 10.1. The number of carbonyl (C=O) groups excluding carboxylic acids is 1. The normalized spacial score (nSPS) is 15.4. The topological polar surface area (TPSA) is 101 Å². The molecule has 0 bridgehead atoms. The summed E-state index contributed by atoms with van der Waals surface area (Å²) in [5.41, 5.74) is 2.95. The number of hydrogen-bond acceptors (Lipinski definition) is 5. The Hall–Kier alpha value is -2.81. The first-order valence-corrected chi connectivity index (χ1v) is 10.4. The molecule has 1 aliphatic rings. The van der Waals surface area contributed by atoms with Gasteiger partial charge in [-0.05, 0) is 54.4 Å².